The molecule has 1 rings (SSSR count). The first-order chi connectivity index (χ1) is 6.13. The van der Waals surface area contributed by atoms with Gasteiger partial charge in [-0.1, -0.05) is 13.0 Å². The second-order valence-electron chi connectivity index (χ2n) is 2.51. The second kappa shape index (κ2) is 4.25. The van der Waals surface area contributed by atoms with Gasteiger partial charge in [0.25, 0.3) is 0 Å². The van der Waals surface area contributed by atoms with Gasteiger partial charge in [-0.2, -0.15) is 0 Å². The van der Waals surface area contributed by atoms with Crippen molar-refractivity contribution in [2.24, 2.45) is 0 Å². The zero-order valence-corrected chi connectivity index (χ0v) is 7.97. The van der Waals surface area contributed by atoms with Crippen LogP contribution in [-0.4, -0.2) is 8.76 Å². The van der Waals surface area contributed by atoms with E-state index in [0.717, 1.165) is 12.0 Å². The summed E-state index contributed by atoms with van der Waals surface area (Å²) in [5.74, 6) is 0.188. The third-order valence-corrected chi connectivity index (χ3v) is 1.96. The number of nitrogens with two attached hydrogens (primary N) is 1. The van der Waals surface area contributed by atoms with Crippen LogP contribution in [0.5, 0.6) is 5.75 Å². The number of benzene rings is 1. The van der Waals surface area contributed by atoms with Crippen LogP contribution in [0.2, 0.25) is 0 Å². The molecule has 1 aromatic carbocycles. The Hall–Kier alpha value is -1.07. The number of aryl methyl sites for hydroxylation is 1. The van der Waals surface area contributed by atoms with Crippen molar-refractivity contribution in [3.05, 3.63) is 23.8 Å². The Balaban J connectivity index is 2.96. The topological polar surface area (TPSA) is 75.4 Å². The van der Waals surface area contributed by atoms with E-state index in [1.54, 1.807) is 12.1 Å². The van der Waals surface area contributed by atoms with Crippen LogP contribution >= 0.6 is 0 Å². The Labute approximate surface area is 79.2 Å². The van der Waals surface area contributed by atoms with E-state index in [1.165, 1.54) is 0 Å². The van der Waals surface area contributed by atoms with E-state index >= 15 is 0 Å². The smallest absolute Gasteiger partial charge is 0.162 e. The lowest BCUT2D eigenvalue weighted by Gasteiger charge is -2.10. The molecule has 1 atom stereocenters. The summed E-state index contributed by atoms with van der Waals surface area (Å²) >= 11 is -2.57. The molecule has 0 saturated heterocycles. The first kappa shape index (κ1) is 10.0. The number of hydrogen-bond donors (Lipinski definition) is 1. The summed E-state index contributed by atoms with van der Waals surface area (Å²) < 4.78 is 25.0. The number of anilines is 1. The third-order valence-electron chi connectivity index (χ3n) is 1.64. The summed E-state index contributed by atoms with van der Waals surface area (Å²) in [7, 11) is 0. The van der Waals surface area contributed by atoms with Gasteiger partial charge in [-0.3, -0.25) is 0 Å². The van der Waals surface area contributed by atoms with Crippen molar-refractivity contribution in [1.29, 1.82) is 0 Å². The molecular formula is C8H10NO3S-. The highest BCUT2D eigenvalue weighted by atomic mass is 32.2. The lowest BCUT2D eigenvalue weighted by atomic mass is 10.1. The van der Waals surface area contributed by atoms with Gasteiger partial charge in [0.1, 0.15) is 11.4 Å². The van der Waals surface area contributed by atoms with Crippen molar-refractivity contribution >= 4 is 17.0 Å². The minimum absolute atomic E-state index is 0.188. The standard InChI is InChI=1S/C8H11NO3S/c1-2-6-3-4-7(9)8(5-6)12-13(10)11/h3-5H,2,9H2,1H3,(H,10,11)/p-1. The van der Waals surface area contributed by atoms with Gasteiger partial charge in [-0.15, -0.1) is 0 Å². The van der Waals surface area contributed by atoms with Gasteiger partial charge in [0.2, 0.25) is 0 Å². The van der Waals surface area contributed by atoms with Crippen LogP contribution in [0.15, 0.2) is 18.2 Å². The molecule has 0 fully saturated rings. The Morgan fingerprint density at radius 1 is 1.62 bits per heavy atom. The molecule has 0 aliphatic rings. The normalized spacial score (nSPS) is 12.5. The Bertz CT molecular complexity index is 327. The highest BCUT2D eigenvalue weighted by Gasteiger charge is 2.01. The molecule has 4 nitrogen and oxygen atoms in total. The molecule has 13 heavy (non-hydrogen) atoms. The molecule has 0 heterocycles. The molecule has 0 saturated carbocycles. The van der Waals surface area contributed by atoms with E-state index in [2.05, 4.69) is 4.18 Å². The van der Waals surface area contributed by atoms with Crippen molar-refractivity contribution in [3.8, 4) is 5.75 Å². The second-order valence-corrected chi connectivity index (χ2v) is 3.09. The summed E-state index contributed by atoms with van der Waals surface area (Å²) in [5.41, 5.74) is 6.80. The summed E-state index contributed by atoms with van der Waals surface area (Å²) in [6, 6.07) is 5.07. The highest BCUT2D eigenvalue weighted by molar-refractivity contribution is 7.74. The van der Waals surface area contributed by atoms with Crippen molar-refractivity contribution in [2.45, 2.75) is 13.3 Å². The highest BCUT2D eigenvalue weighted by Crippen LogP contribution is 2.23. The monoisotopic (exact) mass is 200 g/mol. The van der Waals surface area contributed by atoms with Crippen LogP contribution < -0.4 is 9.92 Å². The third kappa shape index (κ3) is 2.71. The van der Waals surface area contributed by atoms with Crippen molar-refractivity contribution in [3.63, 3.8) is 0 Å². The molecule has 0 amide bonds. The molecule has 0 bridgehead atoms. The zero-order valence-electron chi connectivity index (χ0n) is 7.15. The average Bonchev–Trinajstić information content (AvgIpc) is 2.08. The lowest BCUT2D eigenvalue weighted by Crippen LogP contribution is -2.01. The zero-order chi connectivity index (χ0) is 9.84. The largest absolute Gasteiger partial charge is 0.740 e. The Kier molecular flexibility index (Phi) is 3.27. The molecule has 5 heteroatoms. The van der Waals surface area contributed by atoms with Crippen molar-refractivity contribution in [1.82, 2.24) is 0 Å². The van der Waals surface area contributed by atoms with Crippen LogP contribution in [0, 0.1) is 0 Å². The molecule has 1 unspecified atom stereocenters. The fraction of sp³-hybridized carbons (Fsp3) is 0.250. The summed E-state index contributed by atoms with van der Waals surface area (Å²) in [4.78, 5) is 0. The molecular weight excluding hydrogens is 190 g/mol. The van der Waals surface area contributed by atoms with Crippen LogP contribution in [0.4, 0.5) is 5.69 Å². The summed E-state index contributed by atoms with van der Waals surface area (Å²) in [6.45, 7) is 1.96. The van der Waals surface area contributed by atoms with Crippen LogP contribution in [0.3, 0.4) is 0 Å². The van der Waals surface area contributed by atoms with Gasteiger partial charge in [0.05, 0.1) is 5.69 Å². The van der Waals surface area contributed by atoms with Gasteiger partial charge in [-0.05, 0) is 24.1 Å². The molecule has 72 valence electrons. The average molecular weight is 200 g/mol. The van der Waals surface area contributed by atoms with Gasteiger partial charge in [0, 0.05) is 0 Å². The van der Waals surface area contributed by atoms with Crippen LogP contribution in [0.25, 0.3) is 0 Å². The molecule has 0 aliphatic heterocycles. The predicted molar refractivity (Wildman–Crippen MR) is 49.8 cm³/mol. The first-order valence-corrected chi connectivity index (χ1v) is 4.79. The van der Waals surface area contributed by atoms with E-state index in [9.17, 15) is 8.76 Å². The molecule has 0 aliphatic carbocycles. The maximum absolute atomic E-state index is 10.2. The van der Waals surface area contributed by atoms with Gasteiger partial charge < -0.3 is 14.5 Å². The van der Waals surface area contributed by atoms with Gasteiger partial charge in [0.15, 0.2) is 5.75 Å². The number of nitrogen functional groups attached to an aromatic ring is 1. The Morgan fingerprint density at radius 2 is 2.31 bits per heavy atom. The van der Waals surface area contributed by atoms with E-state index in [4.69, 9.17) is 5.73 Å². The molecule has 0 spiro atoms. The van der Waals surface area contributed by atoms with E-state index < -0.39 is 11.4 Å². The molecule has 0 radical (unpaired) electrons. The Morgan fingerprint density at radius 3 is 2.85 bits per heavy atom. The summed E-state index contributed by atoms with van der Waals surface area (Å²) in [5, 5.41) is 0. The van der Waals surface area contributed by atoms with Crippen LogP contribution in [-0.2, 0) is 17.8 Å². The number of hydrogen-bond acceptors (Lipinski definition) is 4. The number of rotatable bonds is 3. The lowest BCUT2D eigenvalue weighted by molar-refractivity contribution is 0.441. The van der Waals surface area contributed by atoms with E-state index in [-0.39, 0.29) is 5.75 Å². The first-order valence-electron chi connectivity index (χ1n) is 3.79. The molecule has 0 aromatic heterocycles. The minimum atomic E-state index is -2.57. The molecule has 1 aromatic rings. The van der Waals surface area contributed by atoms with Gasteiger partial charge in [-0.25, -0.2) is 4.21 Å². The van der Waals surface area contributed by atoms with Gasteiger partial charge >= 0.3 is 0 Å². The maximum Gasteiger partial charge on any atom is 0.162 e. The molecule has 2 N–H and O–H groups in total. The fourth-order valence-corrected chi connectivity index (χ4v) is 1.24. The van der Waals surface area contributed by atoms with Crippen molar-refractivity contribution < 1.29 is 12.9 Å². The fourth-order valence-electron chi connectivity index (χ4n) is 0.944. The minimum Gasteiger partial charge on any atom is -0.740 e. The van der Waals surface area contributed by atoms with Crippen LogP contribution in [0.1, 0.15) is 12.5 Å². The SMILES string of the molecule is CCc1ccc(N)c(OS(=O)[O-])c1. The summed E-state index contributed by atoms with van der Waals surface area (Å²) in [6.07, 6.45) is 0.808. The van der Waals surface area contributed by atoms with Crippen molar-refractivity contribution in [2.75, 3.05) is 5.73 Å². The maximum atomic E-state index is 10.2. The van der Waals surface area contributed by atoms with E-state index in [1.807, 2.05) is 13.0 Å². The quantitative estimate of drug-likeness (QED) is 0.583. The van der Waals surface area contributed by atoms with E-state index in [0.29, 0.717) is 5.69 Å². The predicted octanol–water partition coefficient (Wildman–Crippen LogP) is 1.00.